The molecule has 7 heterocycles. The Bertz CT molecular complexity index is 6760. The first-order valence-corrected chi connectivity index (χ1v) is 42.4. The Morgan fingerprint density at radius 3 is 1.70 bits per heavy atom. The van der Waals surface area contributed by atoms with Gasteiger partial charge in [0.2, 0.25) is 5.91 Å². The van der Waals surface area contributed by atoms with Crippen LogP contribution in [-0.4, -0.2) is 148 Å². The smallest absolute Gasteiger partial charge is 0.274 e. The predicted octanol–water partition coefficient (Wildman–Crippen LogP) is 11.6. The number of aryl methyl sites for hydroxylation is 3. The minimum atomic E-state index is -0.685. The van der Waals surface area contributed by atoms with Crippen molar-refractivity contribution in [1.29, 1.82) is 0 Å². The molecule has 6 aromatic heterocycles. The third-order valence-corrected chi connectivity index (χ3v) is 22.8. The fraction of sp³-hybridized carbons (Fsp3) is 0.263. The van der Waals surface area contributed by atoms with E-state index in [9.17, 15) is 52.7 Å². The van der Waals surface area contributed by atoms with Crippen LogP contribution in [0.2, 0.25) is 5.02 Å². The van der Waals surface area contributed by atoms with Gasteiger partial charge in [0.15, 0.2) is 5.78 Å². The molecule has 0 radical (unpaired) electrons. The van der Waals surface area contributed by atoms with Crippen LogP contribution in [0.3, 0.4) is 0 Å². The Morgan fingerprint density at radius 2 is 1.09 bits per heavy atom. The molecule has 2 fully saturated rings. The molecule has 9 N–H and O–H groups in total. The molecule has 17 rings (SSSR count). The summed E-state index contributed by atoms with van der Waals surface area (Å²) < 4.78 is 15.5. The molecule has 0 bridgehead atoms. The number of halogens is 1. The van der Waals surface area contributed by atoms with Crippen molar-refractivity contribution in [2.45, 2.75) is 117 Å². The molecule has 5 amide bonds. The number of carbonyl (C=O) groups is 6. The first-order valence-electron chi connectivity index (χ1n) is 42.0. The maximum atomic E-state index is 13.1. The number of pyridine rings is 3. The van der Waals surface area contributed by atoms with Gasteiger partial charge >= 0.3 is 0 Å². The molecule has 33 heteroatoms. The number of anilines is 1. The quantitative estimate of drug-likeness (QED) is 0.0111. The Labute approximate surface area is 737 Å². The highest BCUT2D eigenvalue weighted by atomic mass is 35.5. The van der Waals surface area contributed by atoms with E-state index in [0.717, 1.165) is 91.6 Å². The summed E-state index contributed by atoms with van der Waals surface area (Å²) in [7, 11) is 0. The van der Waals surface area contributed by atoms with E-state index in [-0.39, 0.29) is 74.5 Å². The van der Waals surface area contributed by atoms with Crippen molar-refractivity contribution in [3.63, 3.8) is 0 Å². The Hall–Kier alpha value is -14.3. The lowest BCUT2D eigenvalue weighted by atomic mass is 10.1. The number of ketones is 1. The monoisotopic (exact) mass is 1750 g/mol. The van der Waals surface area contributed by atoms with Crippen LogP contribution in [0.4, 0.5) is 5.69 Å². The number of hydroxylamine groups is 4. The van der Waals surface area contributed by atoms with Gasteiger partial charge in [-0.2, -0.15) is 5.10 Å². The Morgan fingerprint density at radius 1 is 0.516 bits per heavy atom. The second kappa shape index (κ2) is 43.1. The fourth-order valence-corrected chi connectivity index (χ4v) is 15.6. The number of fused-ring (bicyclic) bond motifs is 6. The van der Waals surface area contributed by atoms with E-state index in [2.05, 4.69) is 39.0 Å². The predicted molar refractivity (Wildman–Crippen MR) is 483 cm³/mol. The standard InChI is InChI=1S/C25H23N5O4.C22H22N2O4.C17H13ClN2O3.C16H20N4O3.C15H18N2O3/c31-23(27-34)19-8-5-17-9-12-28(25(33)22(17)15-19)13-14-29(24(32)18-6-7-18)20-3-1-4-21(16-20)30-11-2-10-26-30;25-21(23-27)18-6-5-16-9-11-24(22(26)20(16)14-18)10-2-12-28-19-8-7-15-3-1-4-17(15)13-19;18-13-3-1-2-11(6-13)8-20-10-19-15-7-12(16(22)9-21)4-5-14(15)17(20)23;21-15(18-23)12-4-5-14-13(10-12)16(22)20(11-17-14)9-8-19-6-2-1-3-7-19;1-3-4-10(2)17-8-7-11-5-6-12(14(18)16-20)9-13(11)15(17)19/h1-5,8-12,15-16,18,34H,6-7,13-14H2,(H,27,31);5-9,11,13-14,27H,1-4,10,12H2,(H,23,25);1-7,10,21H,8-9H2;4-5,10-11,23H,1-3,6-9H2,(H,18,21);5-10,20H,3-4H2,1-2H3,(H,16,18). The van der Waals surface area contributed by atoms with Crippen LogP contribution < -0.4 is 59.4 Å². The molecule has 1 aliphatic heterocycles. The number of aliphatic hydroxyl groups is 1. The molecule has 2 aliphatic carbocycles. The number of nitrogens with zero attached hydrogens (tertiary/aromatic N) is 11. The number of nitrogens with one attached hydrogen (secondary N) is 4. The van der Waals surface area contributed by atoms with Crippen molar-refractivity contribution in [2.75, 3.05) is 44.3 Å². The van der Waals surface area contributed by atoms with Gasteiger partial charge in [-0.25, -0.2) is 36.6 Å². The Balaban J connectivity index is 0.000000138. The zero-order chi connectivity index (χ0) is 90.5. The van der Waals surface area contributed by atoms with Crippen molar-refractivity contribution >= 4 is 107 Å². The molecule has 1 saturated heterocycles. The van der Waals surface area contributed by atoms with Crippen LogP contribution >= 0.6 is 11.6 Å². The topological polar surface area (TPSA) is 421 Å². The average Bonchev–Trinajstić information content (AvgIpc) is 1.06. The molecule has 14 aromatic rings. The summed E-state index contributed by atoms with van der Waals surface area (Å²) in [5.41, 5.74) is 12.9. The van der Waals surface area contributed by atoms with E-state index in [1.807, 2.05) is 73.8 Å². The first-order chi connectivity index (χ1) is 62.0. The number of carbonyl (C=O) groups excluding carboxylic acids is 6. The van der Waals surface area contributed by atoms with Crippen molar-refractivity contribution in [1.82, 2.24) is 69.4 Å². The number of amides is 5. The van der Waals surface area contributed by atoms with Crippen molar-refractivity contribution in [3.8, 4) is 11.4 Å². The lowest BCUT2D eigenvalue weighted by Crippen LogP contribution is -2.36. The molecular formula is C95H96ClN15O17. The lowest BCUT2D eigenvalue weighted by Gasteiger charge is -2.26. The summed E-state index contributed by atoms with van der Waals surface area (Å²) in [5.74, 6) is -2.05. The van der Waals surface area contributed by atoms with Crippen LogP contribution in [0.25, 0.3) is 59.8 Å². The molecule has 660 valence electrons. The van der Waals surface area contributed by atoms with Crippen molar-refractivity contribution in [3.05, 3.63) is 327 Å². The van der Waals surface area contributed by atoms with E-state index in [0.29, 0.717) is 93.1 Å². The highest BCUT2D eigenvalue weighted by molar-refractivity contribution is 6.30. The van der Waals surface area contributed by atoms with Gasteiger partial charge in [0.25, 0.3) is 51.4 Å². The number of rotatable bonds is 25. The lowest BCUT2D eigenvalue weighted by molar-refractivity contribution is -0.119. The summed E-state index contributed by atoms with van der Waals surface area (Å²) >= 11 is 5.95. The average molecular weight is 1760 g/mol. The minimum absolute atomic E-state index is 0.0150. The zero-order valence-corrected chi connectivity index (χ0v) is 71.1. The van der Waals surface area contributed by atoms with E-state index in [4.69, 9.17) is 42.3 Å². The van der Waals surface area contributed by atoms with Crippen LogP contribution in [0, 0.1) is 5.92 Å². The molecule has 1 unspecified atom stereocenters. The van der Waals surface area contributed by atoms with E-state index >= 15 is 0 Å². The van der Waals surface area contributed by atoms with Gasteiger partial charge in [-0.15, -0.1) is 0 Å². The van der Waals surface area contributed by atoms with Crippen LogP contribution in [0.5, 0.6) is 5.75 Å². The van der Waals surface area contributed by atoms with E-state index < -0.39 is 36.0 Å². The second-order valence-corrected chi connectivity index (χ2v) is 31.6. The molecular weight excluding hydrogens is 1660 g/mol. The summed E-state index contributed by atoms with van der Waals surface area (Å²) in [6, 6.07) is 52.0. The fourth-order valence-electron chi connectivity index (χ4n) is 15.4. The zero-order valence-electron chi connectivity index (χ0n) is 70.3. The Kier molecular flexibility index (Phi) is 30.8. The largest absolute Gasteiger partial charge is 0.494 e. The molecule has 1 atom stereocenters. The van der Waals surface area contributed by atoms with Gasteiger partial charge < -0.3 is 33.3 Å². The van der Waals surface area contributed by atoms with Gasteiger partial charge in [-0.3, -0.25) is 82.7 Å². The first kappa shape index (κ1) is 91.4. The number of aromatic nitrogens is 9. The van der Waals surface area contributed by atoms with Gasteiger partial charge in [-0.05, 0) is 244 Å². The maximum Gasteiger partial charge on any atom is 0.274 e. The highest BCUT2D eigenvalue weighted by Gasteiger charge is 2.34. The molecule has 0 spiro atoms. The highest BCUT2D eigenvalue weighted by Crippen LogP contribution is 2.34. The maximum absolute atomic E-state index is 13.1. The van der Waals surface area contributed by atoms with Crippen LogP contribution in [0.15, 0.2) is 250 Å². The number of ether oxygens (including phenoxy) is 1. The van der Waals surface area contributed by atoms with Gasteiger partial charge in [0, 0.05) is 130 Å². The molecule has 3 aliphatic rings. The number of piperidine rings is 1. The summed E-state index contributed by atoms with van der Waals surface area (Å²) in [6.45, 7) is 9.09. The summed E-state index contributed by atoms with van der Waals surface area (Å²) in [4.78, 5) is 147. The molecule has 128 heavy (non-hydrogen) atoms. The summed E-state index contributed by atoms with van der Waals surface area (Å²) in [6.07, 6.45) is 23.3. The van der Waals surface area contributed by atoms with Gasteiger partial charge in [-0.1, -0.05) is 79.9 Å². The third kappa shape index (κ3) is 22.5. The second-order valence-electron chi connectivity index (χ2n) is 31.2. The van der Waals surface area contributed by atoms with Crippen LogP contribution in [0.1, 0.15) is 146 Å². The number of hydrogen-bond acceptors (Lipinski definition) is 21. The van der Waals surface area contributed by atoms with E-state index in [1.165, 1.54) is 94.7 Å². The molecule has 32 nitrogen and oxygen atoms in total. The normalized spacial score (nSPS) is 13.0. The molecule has 1 saturated carbocycles. The van der Waals surface area contributed by atoms with Crippen molar-refractivity contribution < 1.29 is 59.4 Å². The summed E-state index contributed by atoms with van der Waals surface area (Å²) in [5, 5.41) is 53.1. The van der Waals surface area contributed by atoms with Crippen molar-refractivity contribution in [2.24, 2.45) is 5.92 Å². The van der Waals surface area contributed by atoms with Gasteiger partial charge in [0.05, 0.1) is 53.3 Å². The third-order valence-electron chi connectivity index (χ3n) is 22.5. The number of benzene rings is 8. The number of likely N-dealkylation sites (tertiary alicyclic amines) is 1. The van der Waals surface area contributed by atoms with E-state index in [1.54, 1.807) is 143 Å². The SMILES string of the molecule is CCCC(C)n1ccc2ccc(C(=O)NO)cc2c1=O.O=C(CO)c1ccc2c(=O)n(Cc3cccc(Cl)c3)cnc2c1.O=C(NO)c1ccc2ccn(CCCOc3ccc4c(c3)CCC4)c(=O)c2c1.O=C(NO)c1ccc2ccn(CCN(C(=O)C3CC3)c3cccc(-n4cccn4)c3)c(=O)c2c1.O=C(NO)c1ccc2ncn(CCN3CCCCC3)c(=O)c2c1. The van der Waals surface area contributed by atoms with Gasteiger partial charge in [0.1, 0.15) is 12.4 Å². The van der Waals surface area contributed by atoms with Crippen LogP contribution in [-0.2, 0) is 43.8 Å². The number of hydrogen-bond donors (Lipinski definition) is 9. The molecule has 8 aromatic carbocycles. The number of aliphatic hydroxyl groups excluding tert-OH is 1. The minimum Gasteiger partial charge on any atom is -0.494 e. The number of Topliss-reactive ketones (excluding diaryl/α,β-unsaturated/α-hetero) is 1.